The van der Waals surface area contributed by atoms with Crippen molar-refractivity contribution in [2.75, 3.05) is 26.2 Å². The molecular formula is C23H35N3O2. The van der Waals surface area contributed by atoms with Gasteiger partial charge in [-0.1, -0.05) is 43.7 Å². The Bertz CT molecular complexity index is 634. The van der Waals surface area contributed by atoms with Gasteiger partial charge in [0.1, 0.15) is 6.04 Å². The third-order valence-electron chi connectivity index (χ3n) is 6.10. The van der Waals surface area contributed by atoms with Gasteiger partial charge in [0.05, 0.1) is 0 Å². The number of likely N-dealkylation sites (tertiary alicyclic amines) is 2. The lowest BCUT2D eigenvalue weighted by molar-refractivity contribution is -0.142. The maximum atomic E-state index is 12.8. The van der Waals surface area contributed by atoms with Crippen molar-refractivity contribution in [2.45, 2.75) is 64.5 Å². The number of hydrogen-bond acceptors (Lipinski definition) is 3. The lowest BCUT2D eigenvalue weighted by Crippen LogP contribution is -2.52. The van der Waals surface area contributed by atoms with Gasteiger partial charge >= 0.3 is 0 Å². The van der Waals surface area contributed by atoms with Crippen LogP contribution in [0.25, 0.3) is 0 Å². The van der Waals surface area contributed by atoms with Crippen LogP contribution in [0.3, 0.4) is 0 Å². The second-order valence-corrected chi connectivity index (χ2v) is 8.28. The van der Waals surface area contributed by atoms with Crippen molar-refractivity contribution in [1.82, 2.24) is 15.1 Å². The average molecular weight is 386 g/mol. The molecule has 2 aliphatic heterocycles. The predicted molar refractivity (Wildman–Crippen MR) is 112 cm³/mol. The van der Waals surface area contributed by atoms with E-state index in [1.54, 1.807) is 4.90 Å². The van der Waals surface area contributed by atoms with Crippen LogP contribution in [0.4, 0.5) is 0 Å². The highest BCUT2D eigenvalue weighted by Crippen LogP contribution is 2.20. The molecule has 0 radical (unpaired) electrons. The number of nitrogens with zero attached hydrogens (tertiary/aromatic N) is 2. The quantitative estimate of drug-likeness (QED) is 0.818. The Morgan fingerprint density at radius 3 is 2.57 bits per heavy atom. The summed E-state index contributed by atoms with van der Waals surface area (Å²) in [6, 6.07) is 10.3. The molecular weight excluding hydrogens is 350 g/mol. The van der Waals surface area contributed by atoms with Gasteiger partial charge in [0.2, 0.25) is 11.8 Å². The summed E-state index contributed by atoms with van der Waals surface area (Å²) in [6.45, 7) is 6.44. The Morgan fingerprint density at radius 2 is 1.79 bits per heavy atom. The third kappa shape index (κ3) is 5.81. The number of amides is 2. The number of rotatable bonds is 6. The standard InChI is InChI=1S/C23H35N3O2/c1-2-22(27)26-15-9-7-13-21(26)23(28)24-16-20-12-6-8-14-25(18-20)17-19-10-4-3-5-11-19/h3-5,10-11,20-21H,2,6-9,12-18H2,1H3,(H,24,28)/t20-,21+/m1/s1. The van der Waals surface area contributed by atoms with Gasteiger partial charge in [-0.2, -0.15) is 0 Å². The zero-order valence-electron chi connectivity index (χ0n) is 17.2. The number of hydrogen-bond donors (Lipinski definition) is 1. The fraction of sp³-hybridized carbons (Fsp3) is 0.652. The number of benzene rings is 1. The minimum absolute atomic E-state index is 0.0420. The van der Waals surface area contributed by atoms with Gasteiger partial charge in [0, 0.05) is 32.6 Å². The first kappa shape index (κ1) is 20.8. The van der Waals surface area contributed by atoms with E-state index in [2.05, 4.69) is 40.5 Å². The molecule has 2 saturated heterocycles. The molecule has 0 bridgehead atoms. The molecule has 2 atom stereocenters. The molecule has 2 amide bonds. The topological polar surface area (TPSA) is 52.7 Å². The van der Waals surface area contributed by atoms with E-state index in [1.165, 1.54) is 18.4 Å². The lowest BCUT2D eigenvalue weighted by Gasteiger charge is -2.35. The molecule has 2 aliphatic rings. The molecule has 0 spiro atoms. The highest BCUT2D eigenvalue weighted by Gasteiger charge is 2.31. The van der Waals surface area contributed by atoms with E-state index >= 15 is 0 Å². The van der Waals surface area contributed by atoms with E-state index in [4.69, 9.17) is 0 Å². The Labute approximate surface area is 169 Å². The maximum Gasteiger partial charge on any atom is 0.242 e. The first-order valence-corrected chi connectivity index (χ1v) is 11.0. The van der Waals surface area contributed by atoms with E-state index < -0.39 is 0 Å². The molecule has 5 heteroatoms. The van der Waals surface area contributed by atoms with Gasteiger partial charge in [-0.05, 0) is 50.1 Å². The van der Waals surface area contributed by atoms with Crippen molar-refractivity contribution in [3.05, 3.63) is 35.9 Å². The van der Waals surface area contributed by atoms with Gasteiger partial charge in [-0.3, -0.25) is 14.5 Å². The number of piperidine rings is 1. The molecule has 2 fully saturated rings. The van der Waals surface area contributed by atoms with E-state index in [-0.39, 0.29) is 17.9 Å². The fourth-order valence-electron chi connectivity index (χ4n) is 4.54. The summed E-state index contributed by atoms with van der Waals surface area (Å²) < 4.78 is 0. The van der Waals surface area contributed by atoms with Crippen molar-refractivity contribution in [2.24, 2.45) is 5.92 Å². The minimum Gasteiger partial charge on any atom is -0.354 e. The Morgan fingerprint density at radius 1 is 1.04 bits per heavy atom. The first-order valence-electron chi connectivity index (χ1n) is 11.0. The number of carbonyl (C=O) groups excluding carboxylic acids is 2. The molecule has 154 valence electrons. The Hall–Kier alpha value is -1.88. The molecule has 1 aromatic rings. The lowest BCUT2D eigenvalue weighted by atomic mass is 9.99. The van der Waals surface area contributed by atoms with Gasteiger partial charge < -0.3 is 10.2 Å². The zero-order valence-corrected chi connectivity index (χ0v) is 17.2. The van der Waals surface area contributed by atoms with Crippen LogP contribution in [0.2, 0.25) is 0 Å². The van der Waals surface area contributed by atoms with Gasteiger partial charge in [-0.15, -0.1) is 0 Å². The molecule has 0 unspecified atom stereocenters. The third-order valence-corrected chi connectivity index (χ3v) is 6.10. The molecule has 0 saturated carbocycles. The number of carbonyl (C=O) groups is 2. The van der Waals surface area contributed by atoms with Crippen LogP contribution in [0.15, 0.2) is 30.3 Å². The van der Waals surface area contributed by atoms with E-state index in [9.17, 15) is 9.59 Å². The second-order valence-electron chi connectivity index (χ2n) is 8.28. The largest absolute Gasteiger partial charge is 0.354 e. The maximum absolute atomic E-state index is 12.8. The highest BCUT2D eigenvalue weighted by molar-refractivity contribution is 5.87. The molecule has 1 N–H and O–H groups in total. The summed E-state index contributed by atoms with van der Waals surface area (Å²) in [6.07, 6.45) is 6.90. The molecule has 28 heavy (non-hydrogen) atoms. The first-order chi connectivity index (χ1) is 13.7. The van der Waals surface area contributed by atoms with Crippen LogP contribution < -0.4 is 5.32 Å². The van der Waals surface area contributed by atoms with Crippen molar-refractivity contribution < 1.29 is 9.59 Å². The Kier molecular flexibility index (Phi) is 7.90. The predicted octanol–water partition coefficient (Wildman–Crippen LogP) is 3.20. The summed E-state index contributed by atoms with van der Waals surface area (Å²) in [5, 5.41) is 3.18. The van der Waals surface area contributed by atoms with E-state index in [1.807, 2.05) is 6.92 Å². The van der Waals surface area contributed by atoms with Gasteiger partial charge in [0.25, 0.3) is 0 Å². The summed E-state index contributed by atoms with van der Waals surface area (Å²) in [5.41, 5.74) is 1.35. The van der Waals surface area contributed by atoms with Crippen LogP contribution in [-0.2, 0) is 16.1 Å². The molecule has 2 heterocycles. The fourth-order valence-corrected chi connectivity index (χ4v) is 4.54. The molecule has 0 aliphatic carbocycles. The van der Waals surface area contributed by atoms with Crippen LogP contribution in [0.1, 0.15) is 57.4 Å². The van der Waals surface area contributed by atoms with Crippen LogP contribution >= 0.6 is 0 Å². The summed E-state index contributed by atoms with van der Waals surface area (Å²) in [7, 11) is 0. The Balaban J connectivity index is 1.52. The SMILES string of the molecule is CCC(=O)N1CCCC[C@H]1C(=O)NC[C@H]1CCCCN(Cc2ccccc2)C1. The monoisotopic (exact) mass is 385 g/mol. The minimum atomic E-state index is -0.271. The summed E-state index contributed by atoms with van der Waals surface area (Å²) >= 11 is 0. The van der Waals surface area contributed by atoms with Crippen molar-refractivity contribution in [3.63, 3.8) is 0 Å². The van der Waals surface area contributed by atoms with Crippen molar-refractivity contribution in [1.29, 1.82) is 0 Å². The van der Waals surface area contributed by atoms with Crippen LogP contribution in [0, 0.1) is 5.92 Å². The van der Waals surface area contributed by atoms with Gasteiger partial charge in [0.15, 0.2) is 0 Å². The number of nitrogens with one attached hydrogen (secondary N) is 1. The smallest absolute Gasteiger partial charge is 0.242 e. The van der Waals surface area contributed by atoms with Crippen molar-refractivity contribution >= 4 is 11.8 Å². The van der Waals surface area contributed by atoms with E-state index in [0.717, 1.165) is 58.4 Å². The van der Waals surface area contributed by atoms with E-state index in [0.29, 0.717) is 12.3 Å². The van der Waals surface area contributed by atoms with Gasteiger partial charge in [-0.25, -0.2) is 0 Å². The molecule has 0 aromatic heterocycles. The highest BCUT2D eigenvalue weighted by atomic mass is 16.2. The molecule has 1 aromatic carbocycles. The zero-order chi connectivity index (χ0) is 19.8. The van der Waals surface area contributed by atoms with Crippen LogP contribution in [0.5, 0.6) is 0 Å². The molecule has 3 rings (SSSR count). The summed E-state index contributed by atoms with van der Waals surface area (Å²) in [5.74, 6) is 0.623. The second kappa shape index (κ2) is 10.6. The summed E-state index contributed by atoms with van der Waals surface area (Å²) in [4.78, 5) is 29.3. The normalized spacial score (nSPS) is 23.8. The van der Waals surface area contributed by atoms with Crippen LogP contribution in [-0.4, -0.2) is 53.8 Å². The van der Waals surface area contributed by atoms with Crippen molar-refractivity contribution in [3.8, 4) is 0 Å². The molecule has 5 nitrogen and oxygen atoms in total. The average Bonchev–Trinajstić information content (AvgIpc) is 2.97.